The molecule has 1 saturated heterocycles. The smallest absolute Gasteiger partial charge is 0.250 e. The van der Waals surface area contributed by atoms with Crippen LogP contribution in [-0.4, -0.2) is 30.2 Å². The maximum atomic E-state index is 12.2. The van der Waals surface area contributed by atoms with Gasteiger partial charge in [-0.2, -0.15) is 0 Å². The summed E-state index contributed by atoms with van der Waals surface area (Å²) in [4.78, 5) is 14.0. The van der Waals surface area contributed by atoms with Crippen LogP contribution >= 0.6 is 0 Å². The average molecular weight is 296 g/mol. The van der Waals surface area contributed by atoms with E-state index < -0.39 is 0 Å². The second-order valence-electron chi connectivity index (χ2n) is 5.40. The lowest BCUT2D eigenvalue weighted by Gasteiger charge is -2.36. The van der Waals surface area contributed by atoms with Crippen molar-refractivity contribution in [3.63, 3.8) is 0 Å². The molecule has 1 N–H and O–H groups in total. The molecule has 1 atom stereocenters. The zero-order valence-electron chi connectivity index (χ0n) is 12.4. The van der Waals surface area contributed by atoms with Gasteiger partial charge in [0.1, 0.15) is 12.8 Å². The molecular formula is C18H20N2O2. The third-order valence-electron chi connectivity index (χ3n) is 3.78. The summed E-state index contributed by atoms with van der Waals surface area (Å²) in [6, 6.07) is 20.2. The van der Waals surface area contributed by atoms with Gasteiger partial charge in [-0.05, 0) is 11.1 Å². The van der Waals surface area contributed by atoms with Gasteiger partial charge in [0, 0.05) is 13.1 Å². The van der Waals surface area contributed by atoms with E-state index in [0.29, 0.717) is 19.7 Å². The number of hydrogen-bond acceptors (Lipinski definition) is 3. The van der Waals surface area contributed by atoms with Gasteiger partial charge < -0.3 is 9.64 Å². The maximum Gasteiger partial charge on any atom is 0.250 e. The Morgan fingerprint density at radius 2 is 1.64 bits per heavy atom. The summed E-state index contributed by atoms with van der Waals surface area (Å²) < 4.78 is 5.40. The Kier molecular flexibility index (Phi) is 4.83. The number of benzene rings is 2. The fraction of sp³-hybridized carbons (Fsp3) is 0.278. The van der Waals surface area contributed by atoms with Crippen molar-refractivity contribution in [2.24, 2.45) is 0 Å². The second-order valence-corrected chi connectivity index (χ2v) is 5.40. The first-order valence-corrected chi connectivity index (χ1v) is 7.51. The summed E-state index contributed by atoms with van der Waals surface area (Å²) in [6.07, 6.45) is -0.0957. The lowest BCUT2D eigenvalue weighted by Crippen LogP contribution is -2.55. The molecule has 1 fully saturated rings. The summed E-state index contributed by atoms with van der Waals surface area (Å²) in [5, 5.41) is 3.42. The number of morpholine rings is 1. The third kappa shape index (κ3) is 3.72. The fourth-order valence-corrected chi connectivity index (χ4v) is 2.58. The van der Waals surface area contributed by atoms with E-state index in [0.717, 1.165) is 5.56 Å². The minimum atomic E-state index is -0.0957. The number of nitrogens with one attached hydrogen (secondary N) is 1. The molecular weight excluding hydrogens is 276 g/mol. The highest BCUT2D eigenvalue weighted by molar-refractivity contribution is 5.78. The summed E-state index contributed by atoms with van der Waals surface area (Å²) in [5.41, 5.74) is 2.32. The number of hydrogen-bond donors (Lipinski definition) is 1. The van der Waals surface area contributed by atoms with E-state index in [2.05, 4.69) is 17.4 Å². The second kappa shape index (κ2) is 7.20. The number of ether oxygens (including phenoxy) is 1. The van der Waals surface area contributed by atoms with E-state index in [1.807, 2.05) is 53.4 Å². The number of amides is 1. The molecule has 1 amide bonds. The lowest BCUT2D eigenvalue weighted by atomic mass is 10.2. The van der Waals surface area contributed by atoms with Crippen LogP contribution in [0.3, 0.4) is 0 Å². The van der Waals surface area contributed by atoms with Gasteiger partial charge >= 0.3 is 0 Å². The van der Waals surface area contributed by atoms with Crippen molar-refractivity contribution in [2.75, 3.05) is 13.2 Å². The predicted octanol–water partition coefficient (Wildman–Crippen LogP) is 2.16. The van der Waals surface area contributed by atoms with Gasteiger partial charge in [0.25, 0.3) is 0 Å². The largest absolute Gasteiger partial charge is 0.368 e. The monoisotopic (exact) mass is 296 g/mol. The highest BCUT2D eigenvalue weighted by Crippen LogP contribution is 2.12. The molecule has 0 spiro atoms. The van der Waals surface area contributed by atoms with E-state index in [1.165, 1.54) is 5.56 Å². The molecule has 1 heterocycles. The van der Waals surface area contributed by atoms with Crippen LogP contribution in [0.15, 0.2) is 60.7 Å². The van der Waals surface area contributed by atoms with Gasteiger partial charge in [0.15, 0.2) is 0 Å². The van der Waals surface area contributed by atoms with Gasteiger partial charge in [-0.1, -0.05) is 60.7 Å². The SMILES string of the molecule is O=C1COC[C@@H](NCc2ccccc2)N1Cc1ccccc1. The normalized spacial score (nSPS) is 18.5. The van der Waals surface area contributed by atoms with Crippen LogP contribution in [0, 0.1) is 0 Å². The number of nitrogens with zero attached hydrogens (tertiary/aromatic N) is 1. The highest BCUT2D eigenvalue weighted by Gasteiger charge is 2.28. The van der Waals surface area contributed by atoms with E-state index in [1.54, 1.807) is 0 Å². The van der Waals surface area contributed by atoms with Gasteiger partial charge in [-0.3, -0.25) is 10.1 Å². The Hall–Kier alpha value is -2.17. The zero-order chi connectivity index (χ0) is 15.2. The van der Waals surface area contributed by atoms with Crippen molar-refractivity contribution in [1.82, 2.24) is 10.2 Å². The van der Waals surface area contributed by atoms with Gasteiger partial charge in [0.2, 0.25) is 5.91 Å². The Bertz CT molecular complexity index is 601. The van der Waals surface area contributed by atoms with Crippen molar-refractivity contribution in [3.8, 4) is 0 Å². The van der Waals surface area contributed by atoms with Crippen molar-refractivity contribution in [2.45, 2.75) is 19.3 Å². The van der Waals surface area contributed by atoms with Crippen molar-refractivity contribution in [1.29, 1.82) is 0 Å². The minimum absolute atomic E-state index is 0.0284. The zero-order valence-corrected chi connectivity index (χ0v) is 12.4. The molecule has 0 bridgehead atoms. The molecule has 0 saturated carbocycles. The number of carbonyl (C=O) groups excluding carboxylic acids is 1. The fourth-order valence-electron chi connectivity index (χ4n) is 2.58. The van der Waals surface area contributed by atoms with Gasteiger partial charge in [-0.15, -0.1) is 0 Å². The topological polar surface area (TPSA) is 41.6 Å². The molecule has 22 heavy (non-hydrogen) atoms. The highest BCUT2D eigenvalue weighted by atomic mass is 16.5. The first-order chi connectivity index (χ1) is 10.8. The van der Waals surface area contributed by atoms with Gasteiger partial charge in [-0.25, -0.2) is 0 Å². The molecule has 0 aromatic heterocycles. The lowest BCUT2D eigenvalue weighted by molar-refractivity contribution is -0.150. The van der Waals surface area contributed by atoms with E-state index >= 15 is 0 Å². The molecule has 4 nitrogen and oxygen atoms in total. The molecule has 1 aliphatic heterocycles. The molecule has 114 valence electrons. The van der Waals surface area contributed by atoms with Crippen LogP contribution in [0.1, 0.15) is 11.1 Å². The number of carbonyl (C=O) groups is 1. The van der Waals surface area contributed by atoms with E-state index in [4.69, 9.17) is 4.74 Å². The minimum Gasteiger partial charge on any atom is -0.368 e. The molecule has 1 aliphatic rings. The predicted molar refractivity (Wildman–Crippen MR) is 84.9 cm³/mol. The molecule has 4 heteroatoms. The summed E-state index contributed by atoms with van der Waals surface area (Å²) in [5.74, 6) is 0.0284. The molecule has 3 rings (SSSR count). The Labute approximate surface area is 130 Å². The van der Waals surface area contributed by atoms with Crippen LogP contribution < -0.4 is 5.32 Å². The Balaban J connectivity index is 1.66. The molecule has 0 aliphatic carbocycles. The van der Waals surface area contributed by atoms with Gasteiger partial charge in [0.05, 0.1) is 6.61 Å². The quantitative estimate of drug-likeness (QED) is 0.919. The molecule has 2 aromatic carbocycles. The Morgan fingerprint density at radius 1 is 1.00 bits per heavy atom. The molecule has 0 unspecified atom stereocenters. The summed E-state index contributed by atoms with van der Waals surface area (Å²) in [7, 11) is 0. The van der Waals surface area contributed by atoms with Crippen molar-refractivity contribution >= 4 is 5.91 Å². The van der Waals surface area contributed by atoms with Crippen molar-refractivity contribution in [3.05, 3.63) is 71.8 Å². The standard InChI is InChI=1S/C18H20N2O2/c21-18-14-22-13-17(19-11-15-7-3-1-4-8-15)20(18)12-16-9-5-2-6-10-16/h1-10,17,19H,11-14H2/t17-/m0/s1. The Morgan fingerprint density at radius 3 is 2.32 bits per heavy atom. The van der Waals surface area contributed by atoms with Crippen LogP contribution in [0.2, 0.25) is 0 Å². The molecule has 0 radical (unpaired) electrons. The first kappa shape index (κ1) is 14.8. The van der Waals surface area contributed by atoms with Crippen LogP contribution in [-0.2, 0) is 22.6 Å². The van der Waals surface area contributed by atoms with Crippen LogP contribution in [0.25, 0.3) is 0 Å². The van der Waals surface area contributed by atoms with Crippen LogP contribution in [0.5, 0.6) is 0 Å². The summed E-state index contributed by atoms with van der Waals surface area (Å²) in [6.45, 7) is 2.00. The molecule has 2 aromatic rings. The average Bonchev–Trinajstić information content (AvgIpc) is 2.57. The number of rotatable bonds is 5. The first-order valence-electron chi connectivity index (χ1n) is 7.51. The third-order valence-corrected chi connectivity index (χ3v) is 3.78. The van der Waals surface area contributed by atoms with Crippen LogP contribution in [0.4, 0.5) is 0 Å². The maximum absolute atomic E-state index is 12.2. The van der Waals surface area contributed by atoms with E-state index in [9.17, 15) is 4.79 Å². The van der Waals surface area contributed by atoms with Crippen molar-refractivity contribution < 1.29 is 9.53 Å². The van der Waals surface area contributed by atoms with E-state index in [-0.39, 0.29) is 18.7 Å². The summed E-state index contributed by atoms with van der Waals surface area (Å²) >= 11 is 0.